The number of aryl methyl sites for hydroxylation is 2. The molecule has 0 aliphatic heterocycles. The molecule has 2 N–H and O–H groups in total. The summed E-state index contributed by atoms with van der Waals surface area (Å²) in [6.45, 7) is 7.85. The zero-order chi connectivity index (χ0) is 14.3. The number of anilines is 1. The van der Waals surface area contributed by atoms with Crippen LogP contribution in [0, 0.1) is 13.8 Å². The van der Waals surface area contributed by atoms with Gasteiger partial charge in [-0.05, 0) is 33.8 Å². The van der Waals surface area contributed by atoms with Gasteiger partial charge in [-0.2, -0.15) is 0 Å². The fourth-order valence-corrected chi connectivity index (χ4v) is 3.29. The Bertz CT molecular complexity index is 646. The van der Waals surface area contributed by atoms with Crippen LogP contribution in [0.4, 0.5) is 5.69 Å². The average molecular weight is 277 g/mol. The lowest BCUT2D eigenvalue weighted by atomic mass is 10.2. The summed E-state index contributed by atoms with van der Waals surface area (Å²) in [5, 5.41) is 0.913. The number of hydrogen-bond acceptors (Lipinski definition) is 4. The summed E-state index contributed by atoms with van der Waals surface area (Å²) in [7, 11) is 1.80. The molecule has 2 aromatic rings. The number of carbonyl (C=O) groups is 1. The van der Waals surface area contributed by atoms with Crippen LogP contribution in [0.1, 0.15) is 34.9 Å². The first-order chi connectivity index (χ1) is 8.82. The van der Waals surface area contributed by atoms with Crippen LogP contribution in [0.15, 0.2) is 6.07 Å². The maximum Gasteiger partial charge on any atom is 0.266 e. The van der Waals surface area contributed by atoms with E-state index in [2.05, 4.69) is 4.98 Å². The number of fused-ring (bicyclic) bond motifs is 1. The van der Waals surface area contributed by atoms with E-state index < -0.39 is 0 Å². The minimum atomic E-state index is -0.0225. The number of hydrogen-bond donors (Lipinski definition) is 1. The summed E-state index contributed by atoms with van der Waals surface area (Å²) in [6.07, 6.45) is 0. The zero-order valence-corrected chi connectivity index (χ0v) is 12.8. The molecule has 0 spiro atoms. The molecule has 0 fully saturated rings. The predicted octanol–water partition coefficient (Wildman–Crippen LogP) is 2.98. The highest BCUT2D eigenvalue weighted by Crippen LogP contribution is 2.36. The third-order valence-electron chi connectivity index (χ3n) is 3.31. The van der Waals surface area contributed by atoms with Crippen molar-refractivity contribution in [3.05, 3.63) is 22.3 Å². The Kier molecular flexibility index (Phi) is 3.49. The number of pyridine rings is 1. The van der Waals surface area contributed by atoms with E-state index in [9.17, 15) is 4.79 Å². The van der Waals surface area contributed by atoms with E-state index in [-0.39, 0.29) is 11.9 Å². The normalized spacial score (nSPS) is 11.3. The van der Waals surface area contributed by atoms with Gasteiger partial charge >= 0.3 is 0 Å². The molecule has 102 valence electrons. The number of rotatable bonds is 2. The van der Waals surface area contributed by atoms with Crippen LogP contribution < -0.4 is 5.73 Å². The molecule has 2 rings (SSSR count). The smallest absolute Gasteiger partial charge is 0.266 e. The molecule has 0 saturated heterocycles. The number of amides is 1. The van der Waals surface area contributed by atoms with Crippen LogP contribution in [0.5, 0.6) is 0 Å². The highest BCUT2D eigenvalue weighted by molar-refractivity contribution is 7.21. The Balaban J connectivity index is 2.60. The molecule has 1 amide bonds. The second kappa shape index (κ2) is 4.81. The van der Waals surface area contributed by atoms with Gasteiger partial charge in [0.05, 0.1) is 5.69 Å². The Morgan fingerprint density at radius 1 is 1.42 bits per heavy atom. The minimum absolute atomic E-state index is 0.0225. The largest absolute Gasteiger partial charge is 0.397 e. The number of nitrogens with two attached hydrogens (primary N) is 1. The summed E-state index contributed by atoms with van der Waals surface area (Å²) >= 11 is 1.45. The van der Waals surface area contributed by atoms with Crippen molar-refractivity contribution in [2.45, 2.75) is 33.7 Å². The van der Waals surface area contributed by atoms with Crippen molar-refractivity contribution in [2.75, 3.05) is 12.8 Å². The van der Waals surface area contributed by atoms with Gasteiger partial charge in [-0.1, -0.05) is 0 Å². The highest BCUT2D eigenvalue weighted by atomic mass is 32.1. The van der Waals surface area contributed by atoms with Crippen molar-refractivity contribution in [1.82, 2.24) is 9.88 Å². The topological polar surface area (TPSA) is 59.2 Å². The van der Waals surface area contributed by atoms with Gasteiger partial charge in [-0.3, -0.25) is 9.78 Å². The van der Waals surface area contributed by atoms with E-state index in [0.29, 0.717) is 10.6 Å². The van der Waals surface area contributed by atoms with Crippen LogP contribution in [-0.4, -0.2) is 28.9 Å². The molecule has 0 aromatic carbocycles. The minimum Gasteiger partial charge on any atom is -0.397 e. The van der Waals surface area contributed by atoms with Crippen LogP contribution >= 0.6 is 11.3 Å². The van der Waals surface area contributed by atoms with E-state index >= 15 is 0 Å². The van der Waals surface area contributed by atoms with Gasteiger partial charge in [0, 0.05) is 34.6 Å². The second-order valence-electron chi connectivity index (χ2n) is 5.08. The van der Waals surface area contributed by atoms with Gasteiger partial charge in [-0.15, -0.1) is 11.3 Å². The SMILES string of the molecule is Cc1cc2sc(C(=O)N(C)C(C)C)c(N)c2c(C)n1. The Hall–Kier alpha value is -1.62. The molecule has 19 heavy (non-hydrogen) atoms. The molecule has 0 atom stereocenters. The highest BCUT2D eigenvalue weighted by Gasteiger charge is 2.22. The Morgan fingerprint density at radius 2 is 2.05 bits per heavy atom. The molecule has 2 heterocycles. The summed E-state index contributed by atoms with van der Waals surface area (Å²) in [4.78, 5) is 19.1. The Labute approximate surface area is 117 Å². The fourth-order valence-electron chi connectivity index (χ4n) is 2.03. The number of aromatic nitrogens is 1. The van der Waals surface area contributed by atoms with Crippen LogP contribution in [0.3, 0.4) is 0 Å². The first kappa shape index (κ1) is 13.8. The van der Waals surface area contributed by atoms with E-state index in [1.54, 1.807) is 11.9 Å². The standard InChI is InChI=1S/C14H19N3OS/c1-7(2)17(5)14(18)13-12(15)11-9(4)16-8(3)6-10(11)19-13/h6-7H,15H2,1-5H3. The molecule has 2 aromatic heterocycles. The Morgan fingerprint density at radius 3 is 2.63 bits per heavy atom. The number of nitrogens with zero attached hydrogens (tertiary/aromatic N) is 2. The van der Waals surface area contributed by atoms with E-state index in [1.807, 2.05) is 33.8 Å². The quantitative estimate of drug-likeness (QED) is 0.918. The lowest BCUT2D eigenvalue weighted by Gasteiger charge is -2.20. The average Bonchev–Trinajstić information content (AvgIpc) is 2.64. The molecule has 5 heteroatoms. The molecule has 0 saturated carbocycles. The second-order valence-corrected chi connectivity index (χ2v) is 6.13. The lowest BCUT2D eigenvalue weighted by molar-refractivity contribution is 0.0761. The number of carbonyl (C=O) groups excluding carboxylic acids is 1. The molecule has 0 bridgehead atoms. The summed E-state index contributed by atoms with van der Waals surface area (Å²) < 4.78 is 1.03. The lowest BCUT2D eigenvalue weighted by Crippen LogP contribution is -2.32. The third-order valence-corrected chi connectivity index (χ3v) is 4.45. The van der Waals surface area contributed by atoms with Crippen LogP contribution in [0.25, 0.3) is 10.1 Å². The fraction of sp³-hybridized carbons (Fsp3) is 0.429. The molecule has 0 aliphatic rings. The summed E-state index contributed by atoms with van der Waals surface area (Å²) in [5.74, 6) is -0.0225. The van der Waals surface area contributed by atoms with Crippen molar-refractivity contribution in [2.24, 2.45) is 0 Å². The van der Waals surface area contributed by atoms with Gasteiger partial charge in [0.2, 0.25) is 0 Å². The molecular formula is C14H19N3OS. The van der Waals surface area contributed by atoms with Crippen LogP contribution in [-0.2, 0) is 0 Å². The van der Waals surface area contributed by atoms with Crippen molar-refractivity contribution < 1.29 is 4.79 Å². The van der Waals surface area contributed by atoms with E-state index in [1.165, 1.54) is 11.3 Å². The monoisotopic (exact) mass is 277 g/mol. The van der Waals surface area contributed by atoms with Gasteiger partial charge in [-0.25, -0.2) is 0 Å². The van der Waals surface area contributed by atoms with Crippen molar-refractivity contribution in [3.63, 3.8) is 0 Å². The first-order valence-electron chi connectivity index (χ1n) is 6.26. The molecule has 0 radical (unpaired) electrons. The molecule has 0 unspecified atom stereocenters. The molecule has 0 aliphatic carbocycles. The predicted molar refractivity (Wildman–Crippen MR) is 80.7 cm³/mol. The summed E-state index contributed by atoms with van der Waals surface area (Å²) in [6, 6.07) is 2.13. The van der Waals surface area contributed by atoms with Crippen molar-refractivity contribution in [3.8, 4) is 0 Å². The van der Waals surface area contributed by atoms with Crippen LogP contribution in [0.2, 0.25) is 0 Å². The van der Waals surface area contributed by atoms with Gasteiger partial charge in [0.1, 0.15) is 4.88 Å². The van der Waals surface area contributed by atoms with Crippen molar-refractivity contribution in [1.29, 1.82) is 0 Å². The summed E-state index contributed by atoms with van der Waals surface area (Å²) in [5.41, 5.74) is 8.54. The third kappa shape index (κ3) is 2.30. The molecular weight excluding hydrogens is 258 g/mol. The van der Waals surface area contributed by atoms with E-state index in [4.69, 9.17) is 5.73 Å². The molecule has 4 nitrogen and oxygen atoms in total. The van der Waals surface area contributed by atoms with Gasteiger partial charge in [0.15, 0.2) is 0 Å². The van der Waals surface area contributed by atoms with E-state index in [0.717, 1.165) is 21.5 Å². The van der Waals surface area contributed by atoms with Gasteiger partial charge in [0.25, 0.3) is 5.91 Å². The van der Waals surface area contributed by atoms with Gasteiger partial charge < -0.3 is 10.6 Å². The number of thiophene rings is 1. The first-order valence-corrected chi connectivity index (χ1v) is 7.08. The zero-order valence-electron chi connectivity index (χ0n) is 11.9. The van der Waals surface area contributed by atoms with Crippen molar-refractivity contribution >= 4 is 33.0 Å². The number of nitrogen functional groups attached to an aromatic ring is 1. The maximum absolute atomic E-state index is 12.4. The maximum atomic E-state index is 12.4.